The van der Waals surface area contributed by atoms with Crippen molar-refractivity contribution >= 4 is 17.6 Å². The predicted molar refractivity (Wildman–Crippen MR) is 113 cm³/mol. The fraction of sp³-hybridized carbons (Fsp3) is 0.391. The van der Waals surface area contributed by atoms with Gasteiger partial charge in [0.25, 0.3) is 5.91 Å². The van der Waals surface area contributed by atoms with Gasteiger partial charge in [-0.25, -0.2) is 4.98 Å². The summed E-state index contributed by atoms with van der Waals surface area (Å²) in [5.74, 6) is 0.853. The number of hydrogen-bond donors (Lipinski definition) is 1. The molecular formula is C23H25N5O2. The highest BCUT2D eigenvalue weighted by Gasteiger charge is 2.28. The molecule has 1 aromatic carbocycles. The molecule has 0 bridgehead atoms. The van der Waals surface area contributed by atoms with Gasteiger partial charge in [-0.15, -0.1) is 0 Å². The van der Waals surface area contributed by atoms with Gasteiger partial charge in [-0.3, -0.25) is 9.59 Å². The van der Waals surface area contributed by atoms with Crippen molar-refractivity contribution in [2.24, 2.45) is 0 Å². The molecular weight excluding hydrogens is 378 g/mol. The van der Waals surface area contributed by atoms with Gasteiger partial charge in [0.2, 0.25) is 5.91 Å². The molecule has 0 spiro atoms. The van der Waals surface area contributed by atoms with Crippen molar-refractivity contribution < 1.29 is 9.59 Å². The molecule has 0 saturated carbocycles. The molecule has 1 unspecified atom stereocenters. The van der Waals surface area contributed by atoms with Crippen molar-refractivity contribution in [2.75, 3.05) is 37.6 Å². The maximum atomic E-state index is 13.1. The molecule has 2 aromatic rings. The van der Waals surface area contributed by atoms with E-state index in [0.717, 1.165) is 28.9 Å². The first-order chi connectivity index (χ1) is 14.5. The van der Waals surface area contributed by atoms with Crippen LogP contribution in [0.4, 0.5) is 5.82 Å². The number of piperazine rings is 1. The van der Waals surface area contributed by atoms with Crippen LogP contribution in [-0.2, 0) is 4.79 Å². The Kier molecular flexibility index (Phi) is 5.40. The lowest BCUT2D eigenvalue weighted by molar-refractivity contribution is -0.120. The zero-order chi connectivity index (χ0) is 21.3. The van der Waals surface area contributed by atoms with Crippen molar-refractivity contribution in [1.82, 2.24) is 15.2 Å². The summed E-state index contributed by atoms with van der Waals surface area (Å²) < 4.78 is 0. The van der Waals surface area contributed by atoms with Gasteiger partial charge in [-0.2, -0.15) is 5.26 Å². The molecule has 0 aliphatic carbocycles. The minimum absolute atomic E-state index is 0.0269. The number of carbonyl (C=O) groups excluding carboxylic acids is 2. The quantitative estimate of drug-likeness (QED) is 0.848. The van der Waals surface area contributed by atoms with E-state index in [2.05, 4.69) is 21.3 Å². The average molecular weight is 403 g/mol. The molecule has 2 aliphatic heterocycles. The number of hydrogen-bond acceptors (Lipinski definition) is 5. The molecule has 2 aliphatic rings. The first kappa shape index (κ1) is 19.9. The summed E-state index contributed by atoms with van der Waals surface area (Å²) in [6, 6.07) is 9.70. The summed E-state index contributed by atoms with van der Waals surface area (Å²) in [6.45, 7) is 7.23. The van der Waals surface area contributed by atoms with Crippen molar-refractivity contribution in [3.63, 3.8) is 0 Å². The molecule has 154 valence electrons. The second-order valence-corrected chi connectivity index (χ2v) is 7.96. The molecule has 2 fully saturated rings. The van der Waals surface area contributed by atoms with Crippen LogP contribution in [0.5, 0.6) is 0 Å². The van der Waals surface area contributed by atoms with Crippen molar-refractivity contribution in [3.05, 3.63) is 58.3 Å². The maximum Gasteiger partial charge on any atom is 0.254 e. The Morgan fingerprint density at radius 1 is 1.17 bits per heavy atom. The third-order valence-corrected chi connectivity index (χ3v) is 5.98. The number of nitrogens with one attached hydrogen (secondary N) is 1. The van der Waals surface area contributed by atoms with E-state index in [4.69, 9.17) is 5.26 Å². The monoisotopic (exact) mass is 403 g/mol. The Morgan fingerprint density at radius 2 is 1.93 bits per heavy atom. The van der Waals surface area contributed by atoms with Gasteiger partial charge < -0.3 is 15.1 Å². The zero-order valence-corrected chi connectivity index (χ0v) is 17.3. The Bertz CT molecular complexity index is 1030. The predicted octanol–water partition coefficient (Wildman–Crippen LogP) is 2.14. The minimum atomic E-state index is -0.112. The van der Waals surface area contributed by atoms with E-state index in [1.54, 1.807) is 6.20 Å². The summed E-state index contributed by atoms with van der Waals surface area (Å²) in [5, 5.41) is 11.9. The van der Waals surface area contributed by atoms with Gasteiger partial charge in [-0.1, -0.05) is 12.1 Å². The average Bonchev–Trinajstić information content (AvgIpc) is 3.19. The molecule has 2 amide bonds. The number of nitrogens with zero attached hydrogens (tertiary/aromatic N) is 4. The summed E-state index contributed by atoms with van der Waals surface area (Å²) >= 11 is 0. The normalized spacial score (nSPS) is 18.8. The zero-order valence-electron chi connectivity index (χ0n) is 17.3. The van der Waals surface area contributed by atoms with E-state index in [1.165, 1.54) is 0 Å². The van der Waals surface area contributed by atoms with E-state index in [0.29, 0.717) is 43.9 Å². The molecule has 3 heterocycles. The van der Waals surface area contributed by atoms with Crippen LogP contribution in [0.1, 0.15) is 45.0 Å². The molecule has 2 saturated heterocycles. The van der Waals surface area contributed by atoms with Gasteiger partial charge in [-0.05, 0) is 49.1 Å². The van der Waals surface area contributed by atoms with E-state index >= 15 is 0 Å². The largest absolute Gasteiger partial charge is 0.356 e. The summed E-state index contributed by atoms with van der Waals surface area (Å²) in [4.78, 5) is 33.5. The number of aryl methyl sites for hydroxylation is 2. The summed E-state index contributed by atoms with van der Waals surface area (Å²) in [5.41, 5.74) is 4.10. The molecule has 7 nitrogen and oxygen atoms in total. The molecule has 1 N–H and O–H groups in total. The topological polar surface area (TPSA) is 89.3 Å². The molecule has 7 heteroatoms. The van der Waals surface area contributed by atoms with Gasteiger partial charge in [0.1, 0.15) is 11.9 Å². The van der Waals surface area contributed by atoms with Crippen LogP contribution in [0.2, 0.25) is 0 Å². The van der Waals surface area contributed by atoms with E-state index in [9.17, 15) is 9.59 Å². The maximum absolute atomic E-state index is 13.1. The Balaban J connectivity index is 1.43. The Hall–Kier alpha value is -3.40. The lowest BCUT2D eigenvalue weighted by atomic mass is 9.94. The Morgan fingerprint density at radius 3 is 2.53 bits per heavy atom. The van der Waals surface area contributed by atoms with E-state index in [1.807, 2.05) is 43.0 Å². The minimum Gasteiger partial charge on any atom is -0.356 e. The number of carbonyl (C=O) groups is 2. The number of anilines is 1. The second kappa shape index (κ2) is 8.15. The van der Waals surface area contributed by atoms with Crippen LogP contribution in [-0.4, -0.2) is 54.4 Å². The number of pyridine rings is 1. The SMILES string of the molecule is Cc1cc(C2CCNC2=O)ccc1C(=O)N1CCN(c2ncc(C#N)cc2C)CC1. The third-order valence-electron chi connectivity index (χ3n) is 5.98. The standard InChI is InChI=1S/C23H25N5O2/c1-15-12-18(20-5-6-25-22(20)29)3-4-19(15)23(30)28-9-7-27(8-10-28)21-16(2)11-17(13-24)14-26-21/h3-4,11-12,14,20H,5-10H2,1-2H3,(H,25,29). The summed E-state index contributed by atoms with van der Waals surface area (Å²) in [6.07, 6.45) is 2.39. The van der Waals surface area contributed by atoms with Crippen LogP contribution < -0.4 is 10.2 Å². The fourth-order valence-electron chi connectivity index (χ4n) is 4.31. The van der Waals surface area contributed by atoms with Crippen LogP contribution in [0.25, 0.3) is 0 Å². The van der Waals surface area contributed by atoms with Crippen molar-refractivity contribution in [1.29, 1.82) is 5.26 Å². The fourth-order valence-corrected chi connectivity index (χ4v) is 4.31. The second-order valence-electron chi connectivity index (χ2n) is 7.96. The molecule has 1 aromatic heterocycles. The molecule has 1 atom stereocenters. The highest BCUT2D eigenvalue weighted by molar-refractivity contribution is 5.96. The smallest absolute Gasteiger partial charge is 0.254 e. The first-order valence-corrected chi connectivity index (χ1v) is 10.3. The summed E-state index contributed by atoms with van der Waals surface area (Å²) in [7, 11) is 0. The highest BCUT2D eigenvalue weighted by atomic mass is 16.2. The van der Waals surface area contributed by atoms with E-state index < -0.39 is 0 Å². The van der Waals surface area contributed by atoms with Crippen molar-refractivity contribution in [3.8, 4) is 6.07 Å². The van der Waals surface area contributed by atoms with Crippen molar-refractivity contribution in [2.45, 2.75) is 26.2 Å². The molecule has 0 radical (unpaired) electrons. The number of rotatable bonds is 3. The Labute approximate surface area is 176 Å². The van der Waals surface area contributed by atoms with Gasteiger partial charge in [0.05, 0.1) is 11.5 Å². The third kappa shape index (κ3) is 3.73. The lowest BCUT2D eigenvalue weighted by Gasteiger charge is -2.36. The van der Waals surface area contributed by atoms with Crippen LogP contribution in [0, 0.1) is 25.2 Å². The van der Waals surface area contributed by atoms with E-state index in [-0.39, 0.29) is 17.7 Å². The van der Waals surface area contributed by atoms with Crippen LogP contribution in [0.3, 0.4) is 0 Å². The van der Waals surface area contributed by atoms with Crippen LogP contribution in [0.15, 0.2) is 30.5 Å². The van der Waals surface area contributed by atoms with Gasteiger partial charge >= 0.3 is 0 Å². The number of amides is 2. The van der Waals surface area contributed by atoms with Crippen LogP contribution >= 0.6 is 0 Å². The lowest BCUT2D eigenvalue weighted by Crippen LogP contribution is -2.49. The van der Waals surface area contributed by atoms with Gasteiger partial charge in [0, 0.05) is 44.5 Å². The van der Waals surface area contributed by atoms with Gasteiger partial charge in [0.15, 0.2) is 0 Å². The number of aromatic nitrogens is 1. The number of benzene rings is 1. The molecule has 30 heavy (non-hydrogen) atoms. The number of nitriles is 1. The first-order valence-electron chi connectivity index (χ1n) is 10.3. The highest BCUT2D eigenvalue weighted by Crippen LogP contribution is 2.26. The molecule has 4 rings (SSSR count).